The first-order valence-corrected chi connectivity index (χ1v) is 9.74. The van der Waals surface area contributed by atoms with Crippen LogP contribution in [0.1, 0.15) is 49.0 Å². The van der Waals surface area contributed by atoms with E-state index in [9.17, 15) is 14.4 Å². The third-order valence-corrected chi connectivity index (χ3v) is 5.57. The maximum absolute atomic E-state index is 13.2. The lowest BCUT2D eigenvalue weighted by Crippen LogP contribution is -2.46. The van der Waals surface area contributed by atoms with Gasteiger partial charge in [-0.3, -0.25) is 9.59 Å². The minimum Gasteiger partial charge on any atom is -0.465 e. The molecule has 6 heteroatoms. The van der Waals surface area contributed by atoms with E-state index in [1.54, 1.807) is 12.1 Å². The van der Waals surface area contributed by atoms with E-state index < -0.39 is 0 Å². The van der Waals surface area contributed by atoms with Gasteiger partial charge in [0.15, 0.2) is 0 Å². The Morgan fingerprint density at radius 3 is 2.44 bits per heavy atom. The number of piperidine rings is 1. The first-order valence-electron chi connectivity index (χ1n) is 9.74. The van der Waals surface area contributed by atoms with Gasteiger partial charge in [0.1, 0.15) is 0 Å². The SMILES string of the molecule is COC(=O)c1cccc2c1CCCN2C(=O)C1CCN(C(=O)C(C)C)CC1. The number of nitrogens with zero attached hydrogens (tertiary/aromatic N) is 2. The van der Waals surface area contributed by atoms with Crippen LogP contribution in [-0.2, 0) is 20.7 Å². The Labute approximate surface area is 160 Å². The van der Waals surface area contributed by atoms with Gasteiger partial charge in [0, 0.05) is 37.2 Å². The number of fused-ring (bicyclic) bond motifs is 1. The highest BCUT2D eigenvalue weighted by Gasteiger charge is 2.33. The van der Waals surface area contributed by atoms with Crippen LogP contribution in [0.15, 0.2) is 18.2 Å². The van der Waals surface area contributed by atoms with Crippen molar-refractivity contribution in [2.24, 2.45) is 11.8 Å². The molecule has 1 saturated heterocycles. The highest BCUT2D eigenvalue weighted by atomic mass is 16.5. The smallest absolute Gasteiger partial charge is 0.338 e. The Bertz CT molecular complexity index is 736. The fraction of sp³-hybridized carbons (Fsp3) is 0.571. The molecule has 27 heavy (non-hydrogen) atoms. The Balaban J connectivity index is 1.75. The van der Waals surface area contributed by atoms with Crippen LogP contribution in [-0.4, -0.2) is 49.4 Å². The minimum atomic E-state index is -0.360. The van der Waals surface area contributed by atoms with E-state index in [2.05, 4.69) is 0 Å². The molecule has 6 nitrogen and oxygen atoms in total. The van der Waals surface area contributed by atoms with Crippen molar-refractivity contribution in [2.75, 3.05) is 31.6 Å². The van der Waals surface area contributed by atoms with Crippen LogP contribution in [0.25, 0.3) is 0 Å². The van der Waals surface area contributed by atoms with E-state index in [0.717, 1.165) is 24.1 Å². The normalized spacial score (nSPS) is 17.6. The summed E-state index contributed by atoms with van der Waals surface area (Å²) in [6.45, 7) is 5.75. The summed E-state index contributed by atoms with van der Waals surface area (Å²) in [5.74, 6) is -0.180. The third kappa shape index (κ3) is 3.84. The first-order chi connectivity index (χ1) is 12.9. The molecule has 146 valence electrons. The molecular weight excluding hydrogens is 344 g/mol. The predicted octanol–water partition coefficient (Wildman–Crippen LogP) is 2.65. The van der Waals surface area contributed by atoms with E-state index in [0.29, 0.717) is 38.0 Å². The number of likely N-dealkylation sites (tertiary alicyclic amines) is 1. The first kappa shape index (κ1) is 19.4. The molecule has 0 aliphatic carbocycles. The van der Waals surface area contributed by atoms with Crippen LogP contribution in [0.2, 0.25) is 0 Å². The second kappa shape index (κ2) is 8.11. The van der Waals surface area contributed by atoms with E-state index in [1.807, 2.05) is 29.7 Å². The second-order valence-electron chi connectivity index (χ2n) is 7.64. The van der Waals surface area contributed by atoms with Crippen LogP contribution in [0, 0.1) is 11.8 Å². The predicted molar refractivity (Wildman–Crippen MR) is 103 cm³/mol. The molecule has 1 aromatic rings. The van der Waals surface area contributed by atoms with Gasteiger partial charge >= 0.3 is 5.97 Å². The van der Waals surface area contributed by atoms with Crippen molar-refractivity contribution < 1.29 is 19.1 Å². The number of hydrogen-bond donors (Lipinski definition) is 0. The standard InChI is InChI=1S/C21H28N2O4/c1-14(2)19(24)22-12-9-15(10-13-22)20(25)23-11-5-7-16-17(21(26)27-3)6-4-8-18(16)23/h4,6,8,14-15H,5,7,9-13H2,1-3H3. The fourth-order valence-electron chi connectivity index (χ4n) is 4.09. The van der Waals surface area contributed by atoms with Gasteiger partial charge in [-0.15, -0.1) is 0 Å². The fourth-order valence-corrected chi connectivity index (χ4v) is 4.09. The van der Waals surface area contributed by atoms with Gasteiger partial charge in [-0.25, -0.2) is 4.79 Å². The number of carbonyl (C=O) groups excluding carboxylic acids is 3. The van der Waals surface area contributed by atoms with Crippen LogP contribution >= 0.6 is 0 Å². The highest BCUT2D eigenvalue weighted by Crippen LogP contribution is 2.33. The van der Waals surface area contributed by atoms with Crippen molar-refractivity contribution in [3.8, 4) is 0 Å². The Hall–Kier alpha value is -2.37. The molecule has 0 atom stereocenters. The number of ether oxygens (including phenoxy) is 1. The van der Waals surface area contributed by atoms with Crippen LogP contribution in [0.5, 0.6) is 0 Å². The number of amides is 2. The number of carbonyl (C=O) groups is 3. The maximum Gasteiger partial charge on any atom is 0.338 e. The van der Waals surface area contributed by atoms with Crippen molar-refractivity contribution in [1.29, 1.82) is 0 Å². The molecule has 2 amide bonds. The lowest BCUT2D eigenvalue weighted by molar-refractivity contribution is -0.137. The summed E-state index contributed by atoms with van der Waals surface area (Å²) >= 11 is 0. The van der Waals surface area contributed by atoms with E-state index >= 15 is 0 Å². The van der Waals surface area contributed by atoms with Crippen molar-refractivity contribution in [3.63, 3.8) is 0 Å². The molecule has 1 aromatic carbocycles. The summed E-state index contributed by atoms with van der Waals surface area (Å²) in [6, 6.07) is 5.48. The number of rotatable bonds is 3. The number of esters is 1. The zero-order valence-electron chi connectivity index (χ0n) is 16.4. The summed E-state index contributed by atoms with van der Waals surface area (Å²) in [5, 5.41) is 0. The topological polar surface area (TPSA) is 66.9 Å². The largest absolute Gasteiger partial charge is 0.465 e. The summed E-state index contributed by atoms with van der Waals surface area (Å²) < 4.78 is 4.89. The molecule has 0 aromatic heterocycles. The van der Waals surface area contributed by atoms with Crippen molar-refractivity contribution in [3.05, 3.63) is 29.3 Å². The molecule has 2 aliphatic rings. The number of hydrogen-bond acceptors (Lipinski definition) is 4. The van der Waals surface area contributed by atoms with E-state index in [1.165, 1.54) is 7.11 Å². The lowest BCUT2D eigenvalue weighted by atomic mass is 9.91. The van der Waals surface area contributed by atoms with Gasteiger partial charge in [-0.05, 0) is 43.4 Å². The molecule has 2 heterocycles. The van der Waals surface area contributed by atoms with Crippen LogP contribution in [0.3, 0.4) is 0 Å². The molecule has 1 fully saturated rings. The van der Waals surface area contributed by atoms with Gasteiger partial charge in [0.2, 0.25) is 11.8 Å². The summed E-state index contributed by atoms with van der Waals surface area (Å²) in [4.78, 5) is 41.1. The minimum absolute atomic E-state index is 0.0111. The summed E-state index contributed by atoms with van der Waals surface area (Å²) in [5.41, 5.74) is 2.27. The van der Waals surface area contributed by atoms with E-state index in [-0.39, 0.29) is 29.6 Å². The third-order valence-electron chi connectivity index (χ3n) is 5.57. The monoisotopic (exact) mass is 372 g/mol. The molecule has 3 rings (SSSR count). The average molecular weight is 372 g/mol. The van der Waals surface area contributed by atoms with Gasteiger partial charge in [-0.2, -0.15) is 0 Å². The quantitative estimate of drug-likeness (QED) is 0.765. The van der Waals surface area contributed by atoms with Gasteiger partial charge < -0.3 is 14.5 Å². The van der Waals surface area contributed by atoms with Gasteiger partial charge in [-0.1, -0.05) is 19.9 Å². The molecule has 0 bridgehead atoms. The van der Waals surface area contributed by atoms with E-state index in [4.69, 9.17) is 4.74 Å². The molecule has 0 unspecified atom stereocenters. The molecule has 0 radical (unpaired) electrons. The van der Waals surface area contributed by atoms with Crippen LogP contribution in [0.4, 0.5) is 5.69 Å². The second-order valence-corrected chi connectivity index (χ2v) is 7.64. The number of methoxy groups -OCH3 is 1. The molecule has 0 N–H and O–H groups in total. The van der Waals surface area contributed by atoms with Gasteiger partial charge in [0.25, 0.3) is 0 Å². The van der Waals surface area contributed by atoms with Crippen molar-refractivity contribution >= 4 is 23.5 Å². The Morgan fingerprint density at radius 1 is 1.11 bits per heavy atom. The Kier molecular flexibility index (Phi) is 5.82. The average Bonchev–Trinajstić information content (AvgIpc) is 2.71. The molecular formula is C21H28N2O4. The molecule has 0 spiro atoms. The maximum atomic E-state index is 13.2. The Morgan fingerprint density at radius 2 is 1.81 bits per heavy atom. The number of anilines is 1. The molecule has 0 saturated carbocycles. The van der Waals surface area contributed by atoms with Crippen molar-refractivity contribution in [2.45, 2.75) is 39.5 Å². The lowest BCUT2D eigenvalue weighted by Gasteiger charge is -2.37. The highest BCUT2D eigenvalue weighted by molar-refractivity contribution is 5.99. The molecule has 2 aliphatic heterocycles. The van der Waals surface area contributed by atoms with Crippen LogP contribution < -0.4 is 4.90 Å². The van der Waals surface area contributed by atoms with Crippen molar-refractivity contribution in [1.82, 2.24) is 4.90 Å². The summed E-state index contributed by atoms with van der Waals surface area (Å²) in [6.07, 6.45) is 2.99. The summed E-state index contributed by atoms with van der Waals surface area (Å²) in [7, 11) is 1.37. The zero-order valence-corrected chi connectivity index (χ0v) is 16.4. The zero-order chi connectivity index (χ0) is 19.6. The number of benzene rings is 1. The van der Waals surface area contributed by atoms with Gasteiger partial charge in [0.05, 0.1) is 12.7 Å².